The first-order chi connectivity index (χ1) is 21.4. The number of rotatable bonds is 11. The van der Waals surface area contributed by atoms with Crippen LogP contribution in [0.4, 0.5) is 4.39 Å². The van der Waals surface area contributed by atoms with Gasteiger partial charge >= 0.3 is 282 Å². The molecule has 2 amide bonds. The topological polar surface area (TPSA) is 124 Å². The molecule has 236 valence electrons. The number of aromatic nitrogens is 3. The van der Waals surface area contributed by atoms with Crippen molar-refractivity contribution < 1.29 is 43.8 Å². The Hall–Kier alpha value is -3.10. The summed E-state index contributed by atoms with van der Waals surface area (Å²) >= 11 is 10.8. The number of amides is 2. The summed E-state index contributed by atoms with van der Waals surface area (Å²) in [6.07, 6.45) is 5.91. The summed E-state index contributed by atoms with van der Waals surface area (Å²) in [5.74, 6) is -1.58. The van der Waals surface area contributed by atoms with Crippen LogP contribution in [0.3, 0.4) is 0 Å². The van der Waals surface area contributed by atoms with Crippen molar-refractivity contribution in [3.8, 4) is 0 Å². The van der Waals surface area contributed by atoms with Gasteiger partial charge < -0.3 is 0 Å². The van der Waals surface area contributed by atoms with Gasteiger partial charge in [-0.25, -0.2) is 0 Å². The molecule has 9 nitrogen and oxygen atoms in total. The number of aryl methyl sites for hydroxylation is 1. The zero-order valence-corrected chi connectivity index (χ0v) is 28.1. The van der Waals surface area contributed by atoms with Gasteiger partial charge in [0.1, 0.15) is 0 Å². The van der Waals surface area contributed by atoms with Gasteiger partial charge in [0.05, 0.1) is 0 Å². The van der Waals surface area contributed by atoms with Crippen LogP contribution in [0.15, 0.2) is 67.1 Å². The number of alkyl halides is 1. The third-order valence-electron chi connectivity index (χ3n) is 8.56. The van der Waals surface area contributed by atoms with Crippen molar-refractivity contribution in [1.29, 1.82) is 0 Å². The number of hydrogen-bond donors (Lipinski definition) is 2. The SMILES string of the molecule is CCn1cc(C(C)(O)c2cc(F)c3c(c2)C(=O)N(Cc2ccc(Cl)cn2)[C@@]3([I-]OCC2(C(N)=O)CC2)c2ccc(Cl)cc2)cn1. The van der Waals surface area contributed by atoms with Gasteiger partial charge in [0.15, 0.2) is 0 Å². The molecule has 1 unspecified atom stereocenters. The van der Waals surface area contributed by atoms with Gasteiger partial charge in [-0.2, -0.15) is 0 Å². The number of aliphatic hydroxyl groups is 1. The Balaban J connectivity index is 1.52. The van der Waals surface area contributed by atoms with Crippen molar-refractivity contribution in [1.82, 2.24) is 19.7 Å². The van der Waals surface area contributed by atoms with Gasteiger partial charge in [-0.05, 0) is 0 Å². The molecule has 1 aliphatic carbocycles. The fourth-order valence-electron chi connectivity index (χ4n) is 5.53. The predicted octanol–water partition coefficient (Wildman–Crippen LogP) is 2.14. The number of nitrogens with two attached hydrogens (primary N) is 1. The summed E-state index contributed by atoms with van der Waals surface area (Å²) in [6.45, 7) is 4.12. The van der Waals surface area contributed by atoms with Crippen LogP contribution in [0.5, 0.6) is 0 Å². The molecule has 13 heteroatoms. The average molecular weight is 765 g/mol. The van der Waals surface area contributed by atoms with Crippen LogP contribution in [-0.2, 0) is 30.1 Å². The zero-order valence-electron chi connectivity index (χ0n) is 24.4. The number of pyridine rings is 1. The summed E-state index contributed by atoms with van der Waals surface area (Å²) in [7, 11) is 0. The second kappa shape index (κ2) is 11.9. The van der Waals surface area contributed by atoms with Gasteiger partial charge in [-0.15, -0.1) is 0 Å². The number of carbonyl (C=O) groups is 2. The summed E-state index contributed by atoms with van der Waals surface area (Å²) in [5.41, 5.74) is 5.25. The molecule has 45 heavy (non-hydrogen) atoms. The molecule has 2 aromatic carbocycles. The van der Waals surface area contributed by atoms with Crippen LogP contribution in [-0.4, -0.2) is 43.2 Å². The van der Waals surface area contributed by atoms with Gasteiger partial charge in [0.25, 0.3) is 0 Å². The van der Waals surface area contributed by atoms with E-state index < -0.39 is 53.8 Å². The van der Waals surface area contributed by atoms with Gasteiger partial charge in [0, 0.05) is 0 Å². The Bertz CT molecular complexity index is 1780. The summed E-state index contributed by atoms with van der Waals surface area (Å²) in [6, 6.07) is 13.0. The molecule has 2 aromatic heterocycles. The van der Waals surface area contributed by atoms with Crippen molar-refractivity contribution in [2.75, 3.05) is 6.61 Å². The fourth-order valence-corrected chi connectivity index (χ4v) is 8.98. The second-order valence-corrected chi connectivity index (χ2v) is 15.0. The number of hydrogen-bond acceptors (Lipinski definition) is 6. The van der Waals surface area contributed by atoms with E-state index in [1.165, 1.54) is 18.5 Å². The Morgan fingerprint density at radius 3 is 2.44 bits per heavy atom. The monoisotopic (exact) mass is 764 g/mol. The minimum atomic E-state index is -1.65. The minimum absolute atomic E-state index is 0.00574. The molecular formula is C32H30Cl2FIN5O4-. The first kappa shape index (κ1) is 31.9. The van der Waals surface area contributed by atoms with E-state index >= 15 is 4.39 Å². The van der Waals surface area contributed by atoms with Crippen LogP contribution < -0.4 is 27.4 Å². The number of carbonyl (C=O) groups excluding carboxylic acids is 2. The maximum atomic E-state index is 16.8. The molecule has 1 saturated carbocycles. The standard InChI is InChI=1S/C32H30Cl2FIN5O4/c1-3-40-16-21(14-39-40)30(2,44)20-12-25-27(26(35)13-20)32(19-4-6-22(33)7-5-19,36-45-18-31(10-11-31)29(37)43)41(28(25)42)17-24-9-8-23(34)15-38-24/h4-9,12-16,44H,3,10-11,17-18H2,1-2H3,(H2,37,43)/q-1/t30?,32-/m0/s1. The molecule has 0 spiro atoms. The zero-order chi connectivity index (χ0) is 32.1. The Morgan fingerprint density at radius 1 is 1.13 bits per heavy atom. The fraction of sp³-hybridized carbons (Fsp3) is 0.312. The van der Waals surface area contributed by atoms with E-state index in [1.807, 2.05) is 6.92 Å². The van der Waals surface area contributed by atoms with E-state index in [4.69, 9.17) is 32.0 Å². The van der Waals surface area contributed by atoms with Crippen molar-refractivity contribution in [2.24, 2.45) is 11.1 Å². The molecule has 0 bridgehead atoms. The van der Waals surface area contributed by atoms with Gasteiger partial charge in [-0.3, -0.25) is 0 Å². The van der Waals surface area contributed by atoms with Gasteiger partial charge in [-0.1, -0.05) is 0 Å². The molecule has 2 aliphatic rings. The van der Waals surface area contributed by atoms with E-state index in [2.05, 4.69) is 10.1 Å². The first-order valence-corrected chi connectivity index (χ1v) is 17.0. The second-order valence-electron chi connectivity index (χ2n) is 11.5. The van der Waals surface area contributed by atoms with E-state index in [0.29, 0.717) is 46.3 Å². The predicted molar refractivity (Wildman–Crippen MR) is 161 cm³/mol. The van der Waals surface area contributed by atoms with E-state index in [9.17, 15) is 14.7 Å². The molecule has 6 rings (SSSR count). The van der Waals surface area contributed by atoms with Crippen LogP contribution in [0.2, 0.25) is 10.0 Å². The normalized spacial score (nSPS) is 19.9. The molecule has 4 aromatic rings. The van der Waals surface area contributed by atoms with Crippen LogP contribution >= 0.6 is 23.2 Å². The first-order valence-electron chi connectivity index (χ1n) is 14.3. The van der Waals surface area contributed by atoms with E-state index in [-0.39, 0.29) is 29.8 Å². The van der Waals surface area contributed by atoms with Crippen molar-refractivity contribution >= 4 is 35.0 Å². The summed E-state index contributed by atoms with van der Waals surface area (Å²) in [5, 5.41) is 16.8. The third kappa shape index (κ3) is 5.62. The third-order valence-corrected chi connectivity index (χ3v) is 12.0. The average Bonchev–Trinajstić information content (AvgIpc) is 3.57. The van der Waals surface area contributed by atoms with Crippen molar-refractivity contribution in [3.05, 3.63) is 116 Å². The number of nitrogens with zero attached hydrogens (tertiary/aromatic N) is 4. The maximum absolute atomic E-state index is 16.8. The molecule has 0 saturated heterocycles. The molecular weight excluding hydrogens is 735 g/mol. The molecule has 0 radical (unpaired) electrons. The molecule has 3 N–H and O–H groups in total. The Morgan fingerprint density at radius 2 is 1.84 bits per heavy atom. The van der Waals surface area contributed by atoms with E-state index in [1.54, 1.807) is 65.2 Å². The molecule has 2 atom stereocenters. The number of primary amides is 1. The summed E-state index contributed by atoms with van der Waals surface area (Å²) in [4.78, 5) is 32.6. The Labute approximate surface area is 280 Å². The van der Waals surface area contributed by atoms with Crippen LogP contribution in [0, 0.1) is 11.2 Å². The van der Waals surface area contributed by atoms with Gasteiger partial charge in [0.2, 0.25) is 0 Å². The number of benzene rings is 2. The Kier molecular flexibility index (Phi) is 8.44. The quantitative estimate of drug-likeness (QED) is 0.137. The summed E-state index contributed by atoms with van der Waals surface area (Å²) < 4.78 is 23.4. The van der Waals surface area contributed by atoms with Crippen molar-refractivity contribution in [3.63, 3.8) is 0 Å². The van der Waals surface area contributed by atoms with Crippen LogP contribution in [0.25, 0.3) is 0 Å². The van der Waals surface area contributed by atoms with Crippen molar-refractivity contribution in [2.45, 2.75) is 48.9 Å². The molecule has 1 aliphatic heterocycles. The van der Waals surface area contributed by atoms with Crippen LogP contribution in [0.1, 0.15) is 65.0 Å². The molecule has 3 heterocycles. The number of halogens is 4. The molecule has 1 fully saturated rings. The van der Waals surface area contributed by atoms with E-state index in [0.717, 1.165) is 0 Å². The number of fused-ring (bicyclic) bond motifs is 1.